The van der Waals surface area contributed by atoms with Gasteiger partial charge in [0.25, 0.3) is 0 Å². The highest BCUT2D eigenvalue weighted by Crippen LogP contribution is 2.14. The summed E-state index contributed by atoms with van der Waals surface area (Å²) >= 11 is 0. The van der Waals surface area contributed by atoms with Crippen LogP contribution in [0.25, 0.3) is 0 Å². The van der Waals surface area contributed by atoms with Gasteiger partial charge < -0.3 is 15.1 Å². The zero-order valence-corrected chi connectivity index (χ0v) is 10.9. The summed E-state index contributed by atoms with van der Waals surface area (Å²) < 4.78 is 0. The average molecular weight is 249 g/mol. The maximum absolute atomic E-state index is 11.8. The van der Waals surface area contributed by atoms with Gasteiger partial charge in [0.05, 0.1) is 18.9 Å². The van der Waals surface area contributed by atoms with Crippen LogP contribution in [-0.4, -0.2) is 54.0 Å². The van der Waals surface area contributed by atoms with Gasteiger partial charge in [0.1, 0.15) is 11.6 Å². The van der Waals surface area contributed by atoms with E-state index in [9.17, 15) is 4.79 Å². The van der Waals surface area contributed by atoms with Crippen molar-refractivity contribution in [1.82, 2.24) is 14.9 Å². The van der Waals surface area contributed by atoms with E-state index in [0.717, 1.165) is 37.7 Å². The highest BCUT2D eigenvalue weighted by Gasteiger charge is 2.20. The topological polar surface area (TPSA) is 61.4 Å². The fourth-order valence-electron chi connectivity index (χ4n) is 1.96. The van der Waals surface area contributed by atoms with Crippen molar-refractivity contribution in [2.45, 2.75) is 13.3 Å². The van der Waals surface area contributed by atoms with Crippen LogP contribution in [0.15, 0.2) is 12.4 Å². The molecule has 1 aliphatic heterocycles. The van der Waals surface area contributed by atoms with E-state index in [4.69, 9.17) is 0 Å². The molecule has 0 spiro atoms. The van der Waals surface area contributed by atoms with Gasteiger partial charge in [-0.15, -0.1) is 0 Å². The fourth-order valence-corrected chi connectivity index (χ4v) is 1.96. The smallest absolute Gasteiger partial charge is 0.241 e. The molecule has 0 aliphatic carbocycles. The number of anilines is 2. The number of hydrogen-bond donors (Lipinski definition) is 1. The molecule has 0 aromatic carbocycles. The van der Waals surface area contributed by atoms with E-state index in [-0.39, 0.29) is 5.91 Å². The lowest BCUT2D eigenvalue weighted by atomic mass is 10.4. The molecule has 0 atom stereocenters. The minimum absolute atomic E-state index is 0.128. The van der Waals surface area contributed by atoms with Gasteiger partial charge in [-0.25, -0.2) is 4.98 Å². The molecule has 0 saturated carbocycles. The van der Waals surface area contributed by atoms with E-state index in [0.29, 0.717) is 6.54 Å². The molecule has 1 aromatic heterocycles. The predicted octanol–water partition coefficient (Wildman–Crippen LogP) is 0.577. The molecule has 18 heavy (non-hydrogen) atoms. The second kappa shape index (κ2) is 5.66. The third-order valence-corrected chi connectivity index (χ3v) is 2.98. The Morgan fingerprint density at radius 2 is 2.22 bits per heavy atom. The molecule has 1 aromatic rings. The number of nitrogens with zero attached hydrogens (tertiary/aromatic N) is 4. The van der Waals surface area contributed by atoms with E-state index in [1.807, 2.05) is 18.9 Å². The number of hydrogen-bond acceptors (Lipinski definition) is 5. The average Bonchev–Trinajstić information content (AvgIpc) is 2.53. The first-order chi connectivity index (χ1) is 8.70. The minimum atomic E-state index is 0.128. The Labute approximate surface area is 107 Å². The highest BCUT2D eigenvalue weighted by atomic mass is 16.2. The van der Waals surface area contributed by atoms with Crippen LogP contribution in [0, 0.1) is 0 Å². The molecule has 2 rings (SSSR count). The number of amides is 1. The molecule has 1 saturated heterocycles. The quantitative estimate of drug-likeness (QED) is 0.849. The van der Waals surface area contributed by atoms with E-state index in [1.54, 1.807) is 17.3 Å². The van der Waals surface area contributed by atoms with Crippen LogP contribution < -0.4 is 10.2 Å². The van der Waals surface area contributed by atoms with Crippen LogP contribution in [0.1, 0.15) is 13.3 Å². The van der Waals surface area contributed by atoms with Gasteiger partial charge in [-0.2, -0.15) is 0 Å². The van der Waals surface area contributed by atoms with Crippen LogP contribution in [-0.2, 0) is 4.79 Å². The third-order valence-electron chi connectivity index (χ3n) is 2.98. The molecule has 2 heterocycles. The summed E-state index contributed by atoms with van der Waals surface area (Å²) in [6.07, 6.45) is 4.35. The lowest BCUT2D eigenvalue weighted by Gasteiger charge is -2.20. The zero-order valence-electron chi connectivity index (χ0n) is 10.9. The summed E-state index contributed by atoms with van der Waals surface area (Å²) in [5, 5.41) is 3.13. The van der Waals surface area contributed by atoms with Crippen molar-refractivity contribution in [3.8, 4) is 0 Å². The van der Waals surface area contributed by atoms with Crippen molar-refractivity contribution in [3.63, 3.8) is 0 Å². The molecular formula is C12H19N5O. The number of rotatable bonds is 3. The SMILES string of the molecule is CCNc1cncc(N2CCCN(C)C(=O)C2)n1. The Balaban J connectivity index is 2.14. The first kappa shape index (κ1) is 12.6. The molecule has 1 aliphatic rings. The normalized spacial score (nSPS) is 16.7. The molecule has 1 N–H and O–H groups in total. The van der Waals surface area contributed by atoms with Gasteiger partial charge >= 0.3 is 0 Å². The number of carbonyl (C=O) groups is 1. The van der Waals surface area contributed by atoms with Crippen molar-refractivity contribution < 1.29 is 4.79 Å². The van der Waals surface area contributed by atoms with Crippen LogP contribution in [0.3, 0.4) is 0 Å². The molecule has 0 bridgehead atoms. The van der Waals surface area contributed by atoms with E-state index >= 15 is 0 Å². The summed E-state index contributed by atoms with van der Waals surface area (Å²) in [4.78, 5) is 24.2. The number of nitrogens with one attached hydrogen (secondary N) is 1. The van der Waals surface area contributed by atoms with Crippen LogP contribution >= 0.6 is 0 Å². The molecule has 1 amide bonds. The van der Waals surface area contributed by atoms with Gasteiger partial charge in [0, 0.05) is 26.7 Å². The third kappa shape index (κ3) is 2.88. The van der Waals surface area contributed by atoms with Crippen molar-refractivity contribution in [2.75, 3.05) is 43.4 Å². The molecule has 98 valence electrons. The van der Waals surface area contributed by atoms with E-state index in [1.165, 1.54) is 0 Å². The largest absolute Gasteiger partial charge is 0.369 e. The Bertz CT molecular complexity index is 423. The second-order valence-corrected chi connectivity index (χ2v) is 4.38. The Hall–Kier alpha value is -1.85. The maximum Gasteiger partial charge on any atom is 0.241 e. The summed E-state index contributed by atoms with van der Waals surface area (Å²) in [7, 11) is 1.84. The minimum Gasteiger partial charge on any atom is -0.369 e. The molecular weight excluding hydrogens is 230 g/mol. The Morgan fingerprint density at radius 3 is 3.00 bits per heavy atom. The second-order valence-electron chi connectivity index (χ2n) is 4.38. The standard InChI is InChI=1S/C12H19N5O/c1-3-14-10-7-13-8-11(15-10)17-6-4-5-16(2)12(18)9-17/h7-8H,3-6,9H2,1-2H3,(H,14,15). The molecule has 0 radical (unpaired) electrons. The molecule has 0 unspecified atom stereocenters. The summed E-state index contributed by atoms with van der Waals surface area (Å²) in [6, 6.07) is 0. The summed E-state index contributed by atoms with van der Waals surface area (Å²) in [6.45, 7) is 4.83. The van der Waals surface area contributed by atoms with E-state index < -0.39 is 0 Å². The molecule has 6 nitrogen and oxygen atoms in total. The first-order valence-corrected chi connectivity index (χ1v) is 6.25. The number of likely N-dealkylation sites (N-methyl/N-ethyl adjacent to an activating group) is 1. The highest BCUT2D eigenvalue weighted by molar-refractivity contribution is 5.81. The molecule has 1 fully saturated rings. The summed E-state index contributed by atoms with van der Waals surface area (Å²) in [5.74, 6) is 1.64. The first-order valence-electron chi connectivity index (χ1n) is 6.25. The molecule has 6 heteroatoms. The predicted molar refractivity (Wildman–Crippen MR) is 70.7 cm³/mol. The number of aromatic nitrogens is 2. The van der Waals surface area contributed by atoms with Crippen LogP contribution in [0.5, 0.6) is 0 Å². The van der Waals surface area contributed by atoms with Gasteiger partial charge in [-0.1, -0.05) is 0 Å². The van der Waals surface area contributed by atoms with Crippen LogP contribution in [0.2, 0.25) is 0 Å². The Morgan fingerprint density at radius 1 is 1.39 bits per heavy atom. The van der Waals surface area contributed by atoms with E-state index in [2.05, 4.69) is 15.3 Å². The van der Waals surface area contributed by atoms with Crippen molar-refractivity contribution >= 4 is 17.5 Å². The monoisotopic (exact) mass is 249 g/mol. The lowest BCUT2D eigenvalue weighted by molar-refractivity contribution is -0.127. The van der Waals surface area contributed by atoms with Gasteiger partial charge in [0.2, 0.25) is 5.91 Å². The number of carbonyl (C=O) groups excluding carboxylic acids is 1. The van der Waals surface area contributed by atoms with Gasteiger partial charge in [-0.05, 0) is 13.3 Å². The van der Waals surface area contributed by atoms with Crippen molar-refractivity contribution in [2.24, 2.45) is 0 Å². The maximum atomic E-state index is 11.8. The van der Waals surface area contributed by atoms with Crippen molar-refractivity contribution in [1.29, 1.82) is 0 Å². The van der Waals surface area contributed by atoms with Gasteiger partial charge in [-0.3, -0.25) is 9.78 Å². The van der Waals surface area contributed by atoms with Crippen LogP contribution in [0.4, 0.5) is 11.6 Å². The summed E-state index contributed by atoms with van der Waals surface area (Å²) in [5.41, 5.74) is 0. The zero-order chi connectivity index (χ0) is 13.0. The van der Waals surface area contributed by atoms with Gasteiger partial charge in [0.15, 0.2) is 0 Å². The van der Waals surface area contributed by atoms with Crippen molar-refractivity contribution in [3.05, 3.63) is 12.4 Å². The lowest BCUT2D eigenvalue weighted by Crippen LogP contribution is -2.34. The fraction of sp³-hybridized carbons (Fsp3) is 0.583. The Kier molecular flexibility index (Phi) is 3.96.